The Balaban J connectivity index is 2.01. The van der Waals surface area contributed by atoms with E-state index in [1.165, 1.54) is 5.56 Å². The van der Waals surface area contributed by atoms with Crippen molar-refractivity contribution >= 4 is 17.7 Å². The number of ether oxygens (including phenoxy) is 1. The van der Waals surface area contributed by atoms with Crippen LogP contribution in [-0.2, 0) is 9.53 Å². The van der Waals surface area contributed by atoms with Crippen molar-refractivity contribution in [2.24, 2.45) is 5.92 Å². The molecule has 2 aromatic carbocycles. The molecule has 108 valence electrons. The van der Waals surface area contributed by atoms with E-state index in [9.17, 15) is 4.79 Å². The molecule has 3 rings (SSSR count). The number of hydrogen-bond acceptors (Lipinski definition) is 3. The highest BCUT2D eigenvalue weighted by Crippen LogP contribution is 2.46. The molecule has 0 saturated carbocycles. The van der Waals surface area contributed by atoms with E-state index in [2.05, 4.69) is 12.1 Å². The molecule has 21 heavy (non-hydrogen) atoms. The Morgan fingerprint density at radius 3 is 2.10 bits per heavy atom. The maximum absolute atomic E-state index is 12.3. The fraction of sp³-hybridized carbons (Fsp3) is 0.278. The number of carbonyl (C=O) groups is 1. The first-order valence-corrected chi connectivity index (χ1v) is 8.50. The van der Waals surface area contributed by atoms with Crippen molar-refractivity contribution in [1.82, 2.24) is 0 Å². The third kappa shape index (κ3) is 2.84. The maximum Gasteiger partial charge on any atom is 0.311 e. The first kappa shape index (κ1) is 14.2. The topological polar surface area (TPSA) is 26.3 Å². The van der Waals surface area contributed by atoms with Crippen LogP contribution in [0.15, 0.2) is 60.7 Å². The molecular formula is C18H18O2S. The van der Waals surface area contributed by atoms with Crippen LogP contribution in [0.25, 0.3) is 0 Å². The fourth-order valence-electron chi connectivity index (χ4n) is 3.00. The summed E-state index contributed by atoms with van der Waals surface area (Å²) in [5.74, 6) is 0.732. The third-order valence-corrected chi connectivity index (χ3v) is 4.66. The summed E-state index contributed by atoms with van der Waals surface area (Å²) in [6.45, 7) is 0. The van der Waals surface area contributed by atoms with Crippen LogP contribution in [0.2, 0.25) is 0 Å². The molecule has 0 N–H and O–H groups in total. The van der Waals surface area contributed by atoms with Gasteiger partial charge in [0.1, 0.15) is 6.10 Å². The molecule has 0 radical (unpaired) electrons. The fourth-order valence-corrected chi connectivity index (χ4v) is 3.70. The van der Waals surface area contributed by atoms with Crippen molar-refractivity contribution in [3.63, 3.8) is 0 Å². The molecule has 0 amide bonds. The van der Waals surface area contributed by atoms with E-state index >= 15 is 0 Å². The van der Waals surface area contributed by atoms with Gasteiger partial charge in [-0.3, -0.25) is 4.79 Å². The SMILES string of the molecule is CSCC1C(=O)O[C@H](c2ccccc2)[C@@H]1c1ccccc1. The summed E-state index contributed by atoms with van der Waals surface area (Å²) in [6, 6.07) is 20.3. The van der Waals surface area contributed by atoms with Crippen LogP contribution in [-0.4, -0.2) is 18.0 Å². The number of thioether (sulfide) groups is 1. The predicted octanol–water partition coefficient (Wildman–Crippen LogP) is 4.05. The van der Waals surface area contributed by atoms with Gasteiger partial charge in [0.05, 0.1) is 5.92 Å². The highest BCUT2D eigenvalue weighted by Gasteiger charge is 2.45. The first-order chi connectivity index (χ1) is 10.3. The minimum atomic E-state index is -0.182. The van der Waals surface area contributed by atoms with Gasteiger partial charge in [0.2, 0.25) is 0 Å². The summed E-state index contributed by atoms with van der Waals surface area (Å²) in [5, 5.41) is 0. The van der Waals surface area contributed by atoms with E-state index in [-0.39, 0.29) is 23.9 Å². The normalized spacial score (nSPS) is 24.8. The van der Waals surface area contributed by atoms with Crippen LogP contribution < -0.4 is 0 Å². The Bertz CT molecular complexity index is 597. The van der Waals surface area contributed by atoms with Gasteiger partial charge < -0.3 is 4.74 Å². The maximum atomic E-state index is 12.3. The lowest BCUT2D eigenvalue weighted by Crippen LogP contribution is -2.18. The van der Waals surface area contributed by atoms with Crippen molar-refractivity contribution < 1.29 is 9.53 Å². The molecule has 1 fully saturated rings. The van der Waals surface area contributed by atoms with Crippen molar-refractivity contribution in [2.45, 2.75) is 12.0 Å². The van der Waals surface area contributed by atoms with Gasteiger partial charge in [0.25, 0.3) is 0 Å². The van der Waals surface area contributed by atoms with Crippen molar-refractivity contribution in [1.29, 1.82) is 0 Å². The third-order valence-electron chi connectivity index (χ3n) is 3.96. The highest BCUT2D eigenvalue weighted by atomic mass is 32.2. The molecule has 1 unspecified atom stereocenters. The van der Waals surface area contributed by atoms with Crippen LogP contribution in [0, 0.1) is 5.92 Å². The summed E-state index contributed by atoms with van der Waals surface area (Å²) < 4.78 is 5.73. The standard InChI is InChI=1S/C18H18O2S/c1-21-12-15-16(13-8-4-2-5-9-13)17(20-18(15)19)14-10-6-3-7-11-14/h2-11,15-17H,12H2,1H3/t15?,16-,17-/m1/s1. The second-order valence-electron chi connectivity index (χ2n) is 5.27. The molecule has 3 heteroatoms. The molecule has 2 nitrogen and oxygen atoms in total. The summed E-state index contributed by atoms with van der Waals surface area (Å²) in [4.78, 5) is 12.3. The van der Waals surface area contributed by atoms with Crippen LogP contribution in [0.3, 0.4) is 0 Å². The molecule has 0 aliphatic carbocycles. The second kappa shape index (κ2) is 6.35. The largest absolute Gasteiger partial charge is 0.457 e. The Labute approximate surface area is 129 Å². The van der Waals surface area contributed by atoms with E-state index in [0.717, 1.165) is 11.3 Å². The monoisotopic (exact) mass is 298 g/mol. The number of rotatable bonds is 4. The second-order valence-corrected chi connectivity index (χ2v) is 6.18. The van der Waals surface area contributed by atoms with Crippen LogP contribution in [0.5, 0.6) is 0 Å². The van der Waals surface area contributed by atoms with E-state index in [0.29, 0.717) is 0 Å². The Kier molecular flexibility index (Phi) is 4.30. The van der Waals surface area contributed by atoms with Gasteiger partial charge in [-0.2, -0.15) is 11.8 Å². The van der Waals surface area contributed by atoms with Gasteiger partial charge >= 0.3 is 5.97 Å². The van der Waals surface area contributed by atoms with Gasteiger partial charge in [-0.15, -0.1) is 0 Å². The summed E-state index contributed by atoms with van der Waals surface area (Å²) in [6.07, 6.45) is 1.85. The van der Waals surface area contributed by atoms with Gasteiger partial charge in [-0.05, 0) is 17.4 Å². The Morgan fingerprint density at radius 2 is 1.52 bits per heavy atom. The zero-order valence-corrected chi connectivity index (χ0v) is 12.8. The molecule has 0 bridgehead atoms. The van der Waals surface area contributed by atoms with Crippen LogP contribution in [0.4, 0.5) is 0 Å². The zero-order chi connectivity index (χ0) is 14.7. The summed E-state index contributed by atoms with van der Waals surface area (Å²) in [5.41, 5.74) is 2.25. The number of carbonyl (C=O) groups excluding carboxylic acids is 1. The average molecular weight is 298 g/mol. The first-order valence-electron chi connectivity index (χ1n) is 7.10. The average Bonchev–Trinajstić information content (AvgIpc) is 2.86. The number of cyclic esters (lactones) is 1. The lowest BCUT2D eigenvalue weighted by atomic mass is 9.82. The molecule has 1 aliphatic rings. The molecule has 1 heterocycles. The lowest BCUT2D eigenvalue weighted by molar-refractivity contribution is -0.144. The number of benzene rings is 2. The molecule has 3 atom stereocenters. The molecule has 1 aliphatic heterocycles. The molecular weight excluding hydrogens is 280 g/mol. The van der Waals surface area contributed by atoms with E-state index in [4.69, 9.17) is 4.74 Å². The smallest absolute Gasteiger partial charge is 0.311 e. The van der Waals surface area contributed by atoms with Crippen LogP contribution >= 0.6 is 11.8 Å². The highest BCUT2D eigenvalue weighted by molar-refractivity contribution is 7.98. The molecule has 0 aromatic heterocycles. The van der Waals surface area contributed by atoms with Crippen LogP contribution in [0.1, 0.15) is 23.1 Å². The predicted molar refractivity (Wildman–Crippen MR) is 86.3 cm³/mol. The quantitative estimate of drug-likeness (QED) is 0.797. The molecule has 1 saturated heterocycles. The molecule has 0 spiro atoms. The Morgan fingerprint density at radius 1 is 0.952 bits per heavy atom. The number of hydrogen-bond donors (Lipinski definition) is 0. The van der Waals surface area contributed by atoms with Crippen molar-refractivity contribution in [2.75, 3.05) is 12.0 Å². The van der Waals surface area contributed by atoms with E-state index in [1.54, 1.807) is 11.8 Å². The van der Waals surface area contributed by atoms with Gasteiger partial charge in [0, 0.05) is 11.7 Å². The van der Waals surface area contributed by atoms with E-state index in [1.807, 2.05) is 54.8 Å². The van der Waals surface area contributed by atoms with Crippen molar-refractivity contribution in [3.8, 4) is 0 Å². The minimum Gasteiger partial charge on any atom is -0.457 e. The lowest BCUT2D eigenvalue weighted by Gasteiger charge is -2.21. The number of esters is 1. The van der Waals surface area contributed by atoms with Gasteiger partial charge in [-0.1, -0.05) is 60.7 Å². The minimum absolute atomic E-state index is 0.0763. The van der Waals surface area contributed by atoms with Gasteiger partial charge in [0.15, 0.2) is 0 Å². The van der Waals surface area contributed by atoms with Gasteiger partial charge in [-0.25, -0.2) is 0 Å². The summed E-state index contributed by atoms with van der Waals surface area (Å²) >= 11 is 1.70. The molecule has 2 aromatic rings. The summed E-state index contributed by atoms with van der Waals surface area (Å²) in [7, 11) is 0. The van der Waals surface area contributed by atoms with E-state index < -0.39 is 0 Å². The zero-order valence-electron chi connectivity index (χ0n) is 11.9. The Hall–Kier alpha value is -1.74. The van der Waals surface area contributed by atoms with Crippen molar-refractivity contribution in [3.05, 3.63) is 71.8 Å².